The van der Waals surface area contributed by atoms with Crippen LogP contribution >= 0.6 is 0 Å². The molecule has 3 heteroatoms. The fraction of sp³-hybridized carbons (Fsp3) is 0.500. The maximum absolute atomic E-state index is 12.2. The average molecular weight is 233 g/mol. The van der Waals surface area contributed by atoms with Gasteiger partial charge >= 0.3 is 5.97 Å². The van der Waals surface area contributed by atoms with Gasteiger partial charge in [-0.05, 0) is 38.4 Å². The number of hydrogen-bond acceptors (Lipinski definition) is 3. The molecule has 0 radical (unpaired) electrons. The first-order chi connectivity index (χ1) is 8.25. The summed E-state index contributed by atoms with van der Waals surface area (Å²) in [6.07, 6.45) is 0.886. The molecular formula is C14H19NO2. The van der Waals surface area contributed by atoms with Crippen molar-refractivity contribution in [2.24, 2.45) is 5.92 Å². The van der Waals surface area contributed by atoms with Crippen LogP contribution in [0.1, 0.15) is 18.9 Å². The fourth-order valence-corrected chi connectivity index (χ4v) is 2.54. The molecule has 1 aromatic rings. The van der Waals surface area contributed by atoms with Gasteiger partial charge < -0.3 is 10.1 Å². The predicted octanol–water partition coefficient (Wildman–Crippen LogP) is 1.73. The molecule has 3 nitrogen and oxygen atoms in total. The van der Waals surface area contributed by atoms with Gasteiger partial charge in [0.15, 0.2) is 0 Å². The third kappa shape index (κ3) is 2.07. The summed E-state index contributed by atoms with van der Waals surface area (Å²) in [5.41, 5.74) is 0.680. The highest BCUT2D eigenvalue weighted by Gasteiger charge is 2.61. The molecule has 0 saturated heterocycles. The van der Waals surface area contributed by atoms with E-state index in [1.54, 1.807) is 0 Å². The highest BCUT2D eigenvalue weighted by Crippen LogP contribution is 2.54. The van der Waals surface area contributed by atoms with E-state index < -0.39 is 5.41 Å². The molecule has 0 unspecified atom stereocenters. The van der Waals surface area contributed by atoms with Crippen LogP contribution in [0.15, 0.2) is 30.3 Å². The van der Waals surface area contributed by atoms with Gasteiger partial charge in [-0.25, -0.2) is 0 Å². The number of carbonyl (C=O) groups is 1. The van der Waals surface area contributed by atoms with Gasteiger partial charge in [0.1, 0.15) is 0 Å². The maximum atomic E-state index is 12.2. The Hall–Kier alpha value is -1.35. The Kier molecular flexibility index (Phi) is 3.48. The van der Waals surface area contributed by atoms with E-state index in [9.17, 15) is 4.79 Å². The molecule has 0 heterocycles. The van der Waals surface area contributed by atoms with Crippen LogP contribution in [0.25, 0.3) is 0 Å². The predicted molar refractivity (Wildman–Crippen MR) is 66.8 cm³/mol. The van der Waals surface area contributed by atoms with E-state index in [0.717, 1.165) is 18.5 Å². The molecule has 92 valence electrons. The van der Waals surface area contributed by atoms with Crippen LogP contribution in [0.3, 0.4) is 0 Å². The first-order valence-corrected chi connectivity index (χ1v) is 6.13. The lowest BCUT2D eigenvalue weighted by Gasteiger charge is -2.16. The van der Waals surface area contributed by atoms with Gasteiger partial charge in [-0.1, -0.05) is 30.3 Å². The minimum absolute atomic E-state index is 0.0774. The molecule has 1 N–H and O–H groups in total. The lowest BCUT2D eigenvalue weighted by atomic mass is 9.93. The molecule has 0 aliphatic heterocycles. The highest BCUT2D eigenvalue weighted by atomic mass is 16.5. The summed E-state index contributed by atoms with van der Waals surface area (Å²) in [6, 6.07) is 9.97. The van der Waals surface area contributed by atoms with Crippen molar-refractivity contribution in [3.63, 3.8) is 0 Å². The molecule has 1 aromatic carbocycles. The van der Waals surface area contributed by atoms with E-state index in [4.69, 9.17) is 4.74 Å². The smallest absolute Gasteiger partial charge is 0.316 e. The zero-order valence-electron chi connectivity index (χ0n) is 10.4. The molecule has 1 aliphatic rings. The number of hydrogen-bond donors (Lipinski definition) is 1. The number of rotatable bonds is 5. The maximum Gasteiger partial charge on any atom is 0.316 e. The zero-order chi connectivity index (χ0) is 12.3. The van der Waals surface area contributed by atoms with Gasteiger partial charge in [0, 0.05) is 0 Å². The van der Waals surface area contributed by atoms with Crippen molar-refractivity contribution in [1.82, 2.24) is 5.32 Å². The van der Waals surface area contributed by atoms with Crippen LogP contribution < -0.4 is 5.32 Å². The normalized spacial score (nSPS) is 26.6. The largest absolute Gasteiger partial charge is 0.465 e. The molecular weight excluding hydrogens is 214 g/mol. The van der Waals surface area contributed by atoms with Crippen molar-refractivity contribution in [3.8, 4) is 0 Å². The number of benzene rings is 1. The lowest BCUT2D eigenvalue weighted by molar-refractivity contribution is -0.146. The van der Waals surface area contributed by atoms with Crippen molar-refractivity contribution in [1.29, 1.82) is 0 Å². The summed E-state index contributed by atoms with van der Waals surface area (Å²) in [7, 11) is 1.92. The molecule has 2 atom stereocenters. The molecule has 0 bridgehead atoms. The average Bonchev–Trinajstić information content (AvgIpc) is 3.07. The standard InChI is InChI=1S/C14H19NO2/c1-3-17-13(16)14(9-12(14)10-15-2)11-7-5-4-6-8-11/h4-8,12,15H,3,9-10H2,1-2H3/t12-,14+/m1/s1. The SMILES string of the molecule is CCOC(=O)[C@]1(c2ccccc2)C[C@@H]1CNC. The zero-order valence-corrected chi connectivity index (χ0v) is 10.4. The molecule has 2 rings (SSSR count). The summed E-state index contributed by atoms with van der Waals surface area (Å²) in [5.74, 6) is 0.278. The third-order valence-corrected chi connectivity index (χ3v) is 3.48. The summed E-state index contributed by atoms with van der Waals surface area (Å²) in [6.45, 7) is 3.15. The first kappa shape index (κ1) is 12.1. The minimum atomic E-state index is -0.402. The Balaban J connectivity index is 2.25. The number of carbonyl (C=O) groups excluding carboxylic acids is 1. The van der Waals surface area contributed by atoms with Gasteiger partial charge in [-0.3, -0.25) is 4.79 Å². The van der Waals surface area contributed by atoms with Crippen LogP contribution in [0.2, 0.25) is 0 Å². The molecule has 1 saturated carbocycles. The van der Waals surface area contributed by atoms with Crippen LogP contribution in [0, 0.1) is 5.92 Å². The number of esters is 1. The highest BCUT2D eigenvalue weighted by molar-refractivity contribution is 5.87. The van der Waals surface area contributed by atoms with Crippen LogP contribution in [-0.2, 0) is 14.9 Å². The Bertz CT molecular complexity index is 390. The van der Waals surface area contributed by atoms with E-state index >= 15 is 0 Å². The molecule has 1 fully saturated rings. The number of ether oxygens (including phenoxy) is 1. The first-order valence-electron chi connectivity index (χ1n) is 6.13. The van der Waals surface area contributed by atoms with Gasteiger partial charge in [0.25, 0.3) is 0 Å². The second-order valence-electron chi connectivity index (χ2n) is 4.52. The second-order valence-corrected chi connectivity index (χ2v) is 4.52. The van der Waals surface area contributed by atoms with E-state index in [0.29, 0.717) is 12.5 Å². The minimum Gasteiger partial charge on any atom is -0.465 e. The van der Waals surface area contributed by atoms with Gasteiger partial charge in [-0.15, -0.1) is 0 Å². The second kappa shape index (κ2) is 4.88. The van der Waals surface area contributed by atoms with Gasteiger partial charge in [0.05, 0.1) is 12.0 Å². The molecule has 0 spiro atoms. The van der Waals surface area contributed by atoms with Crippen molar-refractivity contribution < 1.29 is 9.53 Å². The molecule has 0 amide bonds. The van der Waals surface area contributed by atoms with Gasteiger partial charge in [0.2, 0.25) is 0 Å². The van der Waals surface area contributed by atoms with Crippen LogP contribution in [0.4, 0.5) is 0 Å². The summed E-state index contributed by atoms with van der Waals surface area (Å²) in [5, 5.41) is 3.14. The quantitative estimate of drug-likeness (QED) is 0.787. The Morgan fingerprint density at radius 1 is 1.47 bits per heavy atom. The van der Waals surface area contributed by atoms with Crippen molar-refractivity contribution in [2.75, 3.05) is 20.2 Å². The third-order valence-electron chi connectivity index (χ3n) is 3.48. The van der Waals surface area contributed by atoms with E-state index in [-0.39, 0.29) is 5.97 Å². The summed E-state index contributed by atoms with van der Waals surface area (Å²) in [4.78, 5) is 12.2. The lowest BCUT2D eigenvalue weighted by Crippen LogP contribution is -2.28. The Labute approximate surface area is 102 Å². The Morgan fingerprint density at radius 3 is 2.76 bits per heavy atom. The van der Waals surface area contributed by atoms with E-state index in [2.05, 4.69) is 5.32 Å². The molecule has 1 aliphatic carbocycles. The van der Waals surface area contributed by atoms with Crippen molar-refractivity contribution >= 4 is 5.97 Å². The van der Waals surface area contributed by atoms with Gasteiger partial charge in [-0.2, -0.15) is 0 Å². The topological polar surface area (TPSA) is 38.3 Å². The van der Waals surface area contributed by atoms with Crippen molar-refractivity contribution in [3.05, 3.63) is 35.9 Å². The monoisotopic (exact) mass is 233 g/mol. The van der Waals surface area contributed by atoms with Crippen LogP contribution in [-0.4, -0.2) is 26.2 Å². The van der Waals surface area contributed by atoms with E-state index in [1.165, 1.54) is 0 Å². The fourth-order valence-electron chi connectivity index (χ4n) is 2.54. The van der Waals surface area contributed by atoms with Crippen LogP contribution in [0.5, 0.6) is 0 Å². The van der Waals surface area contributed by atoms with E-state index in [1.807, 2.05) is 44.3 Å². The summed E-state index contributed by atoms with van der Waals surface area (Å²) >= 11 is 0. The molecule has 17 heavy (non-hydrogen) atoms. The van der Waals surface area contributed by atoms with Crippen molar-refractivity contribution in [2.45, 2.75) is 18.8 Å². The molecule has 0 aromatic heterocycles. The Morgan fingerprint density at radius 2 is 2.18 bits per heavy atom. The number of nitrogens with one attached hydrogen (secondary N) is 1. The summed E-state index contributed by atoms with van der Waals surface area (Å²) < 4.78 is 5.23.